The first-order valence-electron chi connectivity index (χ1n) is 47.1. The number of fused-ring (bicyclic) bond motifs is 12. The Hall–Kier alpha value is -18.8. The van der Waals surface area contributed by atoms with Gasteiger partial charge < -0.3 is 8.83 Å². The number of thiophene rings is 1. The van der Waals surface area contributed by atoms with Crippen molar-refractivity contribution in [2.45, 2.75) is 0 Å². The smallest absolute Gasteiger partial charge is 0.164 e. The molecule has 0 aliphatic rings. The molecule has 0 saturated heterocycles. The third-order valence-corrected chi connectivity index (χ3v) is 27.3. The Bertz CT molecular complexity index is 9060. The predicted molar refractivity (Wildman–Crippen MR) is 581 cm³/mol. The molecule has 27 rings (SSSR count). The molecule has 0 unspecified atom stereocenters. The number of para-hydroxylation sites is 2. The van der Waals surface area contributed by atoms with Gasteiger partial charge in [-0.25, -0.2) is 44.9 Å². The molecule has 0 saturated carbocycles. The van der Waals surface area contributed by atoms with Gasteiger partial charge in [-0.2, -0.15) is 0 Å². The molecule has 0 bridgehead atoms. The second kappa shape index (κ2) is 36.8. The predicted octanol–water partition coefficient (Wildman–Crippen LogP) is 34.2. The van der Waals surface area contributed by atoms with Crippen molar-refractivity contribution in [1.29, 1.82) is 0 Å². The molecule has 0 amide bonds. The van der Waals surface area contributed by atoms with Crippen LogP contribution in [0, 0.1) is 0 Å². The summed E-state index contributed by atoms with van der Waals surface area (Å²) in [6, 6.07) is 170. The van der Waals surface area contributed by atoms with Gasteiger partial charge in [0.15, 0.2) is 52.4 Å². The Labute approximate surface area is 816 Å². The lowest BCUT2D eigenvalue weighted by Gasteiger charge is -2.11. The van der Waals surface area contributed by atoms with Crippen molar-refractivity contribution in [2.75, 3.05) is 0 Å². The van der Waals surface area contributed by atoms with Gasteiger partial charge in [-0.15, -0.1) is 11.3 Å². The molecular formula is C129H81N9O2S. The summed E-state index contributed by atoms with van der Waals surface area (Å²) in [6.07, 6.45) is 0. The third-order valence-electron chi connectivity index (χ3n) is 26.2. The van der Waals surface area contributed by atoms with E-state index in [1.165, 1.54) is 69.2 Å². The molecule has 0 spiro atoms. The van der Waals surface area contributed by atoms with Crippen LogP contribution in [0.1, 0.15) is 0 Å². The molecule has 21 aromatic carbocycles. The molecule has 0 fully saturated rings. The topological polar surface area (TPSA) is 142 Å². The van der Waals surface area contributed by atoms with Gasteiger partial charge in [-0.3, -0.25) is 0 Å². The lowest BCUT2D eigenvalue weighted by atomic mass is 9.97. The molecule has 12 heteroatoms. The quantitative estimate of drug-likeness (QED) is 0.0968. The number of hydrogen-bond donors (Lipinski definition) is 0. The van der Waals surface area contributed by atoms with E-state index < -0.39 is 0 Å². The molecule has 6 aromatic heterocycles. The first-order valence-corrected chi connectivity index (χ1v) is 47.9. The average molecular weight is 1820 g/mol. The largest absolute Gasteiger partial charge is 0.456 e. The number of aromatic nitrogens is 9. The molecule has 660 valence electrons. The van der Waals surface area contributed by atoms with Gasteiger partial charge in [0.2, 0.25) is 0 Å². The second-order valence-electron chi connectivity index (χ2n) is 35.1. The molecule has 27 aromatic rings. The highest BCUT2D eigenvalue weighted by molar-refractivity contribution is 7.25. The molecule has 0 aliphatic carbocycles. The fraction of sp³-hybridized carbons (Fsp3) is 0. The van der Waals surface area contributed by atoms with Gasteiger partial charge in [-0.1, -0.05) is 413 Å². The van der Waals surface area contributed by atoms with E-state index >= 15 is 0 Å². The molecule has 6 heterocycles. The van der Waals surface area contributed by atoms with E-state index in [2.05, 4.69) is 425 Å². The van der Waals surface area contributed by atoms with Crippen LogP contribution < -0.4 is 0 Å². The van der Waals surface area contributed by atoms with Crippen LogP contribution in [0.4, 0.5) is 0 Å². The molecule has 0 N–H and O–H groups in total. The van der Waals surface area contributed by atoms with E-state index in [-0.39, 0.29) is 0 Å². The maximum atomic E-state index is 6.22. The Balaban J connectivity index is 0.000000111. The number of rotatable bonds is 15. The van der Waals surface area contributed by atoms with Crippen molar-refractivity contribution >= 4 is 108 Å². The summed E-state index contributed by atoms with van der Waals surface area (Å²) in [7, 11) is 0. The van der Waals surface area contributed by atoms with Gasteiger partial charge in [0.1, 0.15) is 22.3 Å². The highest BCUT2D eigenvalue weighted by atomic mass is 32.1. The fourth-order valence-electron chi connectivity index (χ4n) is 18.9. The number of nitrogens with zero attached hydrogens (tertiary/aromatic N) is 9. The van der Waals surface area contributed by atoms with E-state index in [1.54, 1.807) is 11.3 Å². The molecule has 141 heavy (non-hydrogen) atoms. The maximum Gasteiger partial charge on any atom is 0.164 e. The third kappa shape index (κ3) is 17.0. The number of hydrogen-bond acceptors (Lipinski definition) is 12. The van der Waals surface area contributed by atoms with E-state index in [1.807, 2.05) is 66.7 Å². The minimum absolute atomic E-state index is 0.593. The summed E-state index contributed by atoms with van der Waals surface area (Å²) in [5, 5.41) is 14.2. The highest BCUT2D eigenvalue weighted by Crippen LogP contribution is 2.42. The first-order chi connectivity index (χ1) is 69.8. The van der Waals surface area contributed by atoms with Gasteiger partial charge in [0.05, 0.1) is 0 Å². The van der Waals surface area contributed by atoms with Crippen molar-refractivity contribution in [3.05, 3.63) is 491 Å². The summed E-state index contributed by atoms with van der Waals surface area (Å²) in [5.41, 5.74) is 25.4. The van der Waals surface area contributed by atoms with Crippen LogP contribution in [0.25, 0.3) is 266 Å². The van der Waals surface area contributed by atoms with Crippen LogP contribution in [-0.2, 0) is 0 Å². The normalized spacial score (nSPS) is 11.4. The molecule has 0 aliphatic heterocycles. The van der Waals surface area contributed by atoms with Crippen LogP contribution in [-0.4, -0.2) is 44.9 Å². The van der Waals surface area contributed by atoms with Crippen LogP contribution >= 0.6 is 11.3 Å². The Morgan fingerprint density at radius 3 is 0.809 bits per heavy atom. The molecule has 0 atom stereocenters. The van der Waals surface area contributed by atoms with Crippen molar-refractivity contribution < 1.29 is 8.83 Å². The van der Waals surface area contributed by atoms with E-state index in [4.69, 9.17) is 53.7 Å². The monoisotopic (exact) mass is 1820 g/mol. The van der Waals surface area contributed by atoms with E-state index in [0.29, 0.717) is 52.4 Å². The summed E-state index contributed by atoms with van der Waals surface area (Å²) in [5.74, 6) is 5.61. The summed E-state index contributed by atoms with van der Waals surface area (Å²) < 4.78 is 14.9. The maximum absolute atomic E-state index is 6.22. The number of furan rings is 2. The highest BCUT2D eigenvalue weighted by Gasteiger charge is 2.22. The standard InChI is InChI=1S/2C43H27N3O.C43H27N3S/c1-2-10-28(11-3-1)32-14-8-15-33(26-32)42-44-41(31-22-20-30(21-23-31)36-18-9-13-29-12-4-5-16-35(29)36)45-43(46-42)34-24-25-38-37-17-6-7-19-39(37)47-40(38)27-34;2*1-2-9-28(10-3-1)33-13-8-14-35(26-33)42-44-41(31-20-17-30(18-21-31)34-22-19-29-11-4-5-12-32(29)25-34)45-43(46-42)36-23-24-38-37-15-6-7-16-39(37)47-40(38)27-36/h3*1-27H. The van der Waals surface area contributed by atoms with E-state index in [9.17, 15) is 0 Å². The molecule has 11 nitrogen and oxygen atoms in total. The van der Waals surface area contributed by atoms with Crippen molar-refractivity contribution in [3.8, 4) is 169 Å². The van der Waals surface area contributed by atoms with Crippen LogP contribution in [0.15, 0.2) is 500 Å². The molecular weight excluding hydrogens is 1740 g/mol. The van der Waals surface area contributed by atoms with Crippen LogP contribution in [0.5, 0.6) is 0 Å². The average Bonchev–Trinajstić information content (AvgIpc) is 1.69. The van der Waals surface area contributed by atoms with Gasteiger partial charge >= 0.3 is 0 Å². The lowest BCUT2D eigenvalue weighted by molar-refractivity contribution is 0.668. The SMILES string of the molecule is c1ccc(-c2cccc(-c3nc(-c4ccc(-c5ccc6ccccc6c5)cc4)nc(-c4ccc5c(c4)oc4ccccc45)n3)c2)cc1.c1ccc(-c2cccc(-c3nc(-c4ccc(-c5ccc6ccccc6c5)cc4)nc(-c4ccc5c(c4)sc4ccccc45)n3)c2)cc1.c1ccc(-c2cccc(-c3nc(-c4ccc(-c5cccc6ccccc56)cc4)nc(-c4ccc5c(c4)oc4ccccc45)n3)c2)cc1. The minimum Gasteiger partial charge on any atom is -0.456 e. The van der Waals surface area contributed by atoms with Crippen LogP contribution in [0.3, 0.4) is 0 Å². The minimum atomic E-state index is 0.593. The van der Waals surface area contributed by atoms with Crippen molar-refractivity contribution in [1.82, 2.24) is 44.9 Å². The zero-order valence-electron chi connectivity index (χ0n) is 76.0. The number of benzene rings is 21. The fourth-order valence-corrected chi connectivity index (χ4v) is 20.1. The van der Waals surface area contributed by atoms with Gasteiger partial charge in [-0.05, 0) is 178 Å². The van der Waals surface area contributed by atoms with Crippen molar-refractivity contribution in [3.63, 3.8) is 0 Å². The Kier molecular flexibility index (Phi) is 21.9. The molecule has 0 radical (unpaired) electrons. The zero-order valence-corrected chi connectivity index (χ0v) is 76.8. The van der Waals surface area contributed by atoms with E-state index in [0.717, 1.165) is 144 Å². The Morgan fingerprint density at radius 2 is 0.383 bits per heavy atom. The lowest BCUT2D eigenvalue weighted by Crippen LogP contribution is -2.00. The second-order valence-corrected chi connectivity index (χ2v) is 36.2. The summed E-state index contributed by atoms with van der Waals surface area (Å²) in [6.45, 7) is 0. The zero-order chi connectivity index (χ0) is 93.5. The summed E-state index contributed by atoms with van der Waals surface area (Å²) >= 11 is 1.80. The summed E-state index contributed by atoms with van der Waals surface area (Å²) in [4.78, 5) is 45.4. The van der Waals surface area contributed by atoms with Crippen molar-refractivity contribution in [2.24, 2.45) is 0 Å². The first kappa shape index (κ1) is 84.0. The van der Waals surface area contributed by atoms with Crippen LogP contribution in [0.2, 0.25) is 0 Å². The Morgan fingerprint density at radius 1 is 0.128 bits per heavy atom. The van der Waals surface area contributed by atoms with Gasteiger partial charge in [0, 0.05) is 91.8 Å². The van der Waals surface area contributed by atoms with Gasteiger partial charge in [0.25, 0.3) is 0 Å².